The Bertz CT molecular complexity index is 191. The molecular formula is C14H28N2. The number of nitrogens with one attached hydrogen (secondary N) is 2. The Kier molecular flexibility index (Phi) is 4.66. The molecule has 16 heavy (non-hydrogen) atoms. The third kappa shape index (κ3) is 3.74. The molecule has 0 radical (unpaired) electrons. The lowest BCUT2D eigenvalue weighted by atomic mass is 9.89. The summed E-state index contributed by atoms with van der Waals surface area (Å²) in [6.45, 7) is 7.43. The molecule has 0 amide bonds. The van der Waals surface area contributed by atoms with E-state index in [1.807, 2.05) is 0 Å². The highest BCUT2D eigenvalue weighted by Gasteiger charge is 2.27. The molecule has 1 heterocycles. The van der Waals surface area contributed by atoms with Gasteiger partial charge in [0.25, 0.3) is 0 Å². The molecule has 94 valence electrons. The molecule has 2 heteroatoms. The first kappa shape index (κ1) is 12.4. The molecule has 0 aromatic heterocycles. The van der Waals surface area contributed by atoms with E-state index < -0.39 is 0 Å². The van der Waals surface area contributed by atoms with E-state index in [1.165, 1.54) is 71.1 Å². The van der Waals surface area contributed by atoms with Crippen molar-refractivity contribution < 1.29 is 0 Å². The van der Waals surface area contributed by atoms with E-state index in [9.17, 15) is 0 Å². The van der Waals surface area contributed by atoms with Gasteiger partial charge in [0.2, 0.25) is 0 Å². The average Bonchev–Trinajstić information content (AvgIpc) is 2.89. The van der Waals surface area contributed by atoms with Crippen LogP contribution >= 0.6 is 0 Å². The average molecular weight is 224 g/mol. The summed E-state index contributed by atoms with van der Waals surface area (Å²) in [5, 5.41) is 7.11. The predicted molar refractivity (Wildman–Crippen MR) is 69.7 cm³/mol. The lowest BCUT2D eigenvalue weighted by Crippen LogP contribution is -2.30. The van der Waals surface area contributed by atoms with Crippen LogP contribution < -0.4 is 10.6 Å². The first-order valence-electron chi connectivity index (χ1n) is 7.20. The molecule has 1 aliphatic carbocycles. The molecule has 2 aliphatic rings. The molecule has 1 saturated heterocycles. The van der Waals surface area contributed by atoms with E-state index in [0.29, 0.717) is 5.41 Å². The van der Waals surface area contributed by atoms with E-state index in [1.54, 1.807) is 0 Å². The van der Waals surface area contributed by atoms with E-state index in [4.69, 9.17) is 0 Å². The van der Waals surface area contributed by atoms with Crippen molar-refractivity contribution in [3.8, 4) is 0 Å². The highest BCUT2D eigenvalue weighted by atomic mass is 14.9. The van der Waals surface area contributed by atoms with Gasteiger partial charge in [-0.25, -0.2) is 0 Å². The van der Waals surface area contributed by atoms with Gasteiger partial charge >= 0.3 is 0 Å². The van der Waals surface area contributed by atoms with Crippen molar-refractivity contribution in [2.24, 2.45) is 11.3 Å². The molecule has 0 spiro atoms. The molecule has 1 saturated carbocycles. The molecule has 2 fully saturated rings. The predicted octanol–water partition coefficient (Wildman–Crippen LogP) is 2.55. The van der Waals surface area contributed by atoms with Crippen LogP contribution in [-0.2, 0) is 0 Å². The quantitative estimate of drug-likeness (QED) is 0.678. The van der Waals surface area contributed by atoms with Crippen molar-refractivity contribution in [2.45, 2.75) is 51.9 Å². The van der Waals surface area contributed by atoms with E-state index >= 15 is 0 Å². The summed E-state index contributed by atoms with van der Waals surface area (Å²) < 4.78 is 0. The van der Waals surface area contributed by atoms with Crippen LogP contribution in [0.15, 0.2) is 0 Å². The van der Waals surface area contributed by atoms with Gasteiger partial charge in [0.05, 0.1) is 0 Å². The zero-order valence-electron chi connectivity index (χ0n) is 10.9. The first-order chi connectivity index (χ1) is 7.79. The second-order valence-electron chi connectivity index (χ2n) is 6.20. The van der Waals surface area contributed by atoms with Crippen LogP contribution in [0.1, 0.15) is 51.9 Å². The summed E-state index contributed by atoms with van der Waals surface area (Å²) >= 11 is 0. The van der Waals surface area contributed by atoms with E-state index in [-0.39, 0.29) is 0 Å². The fourth-order valence-corrected chi connectivity index (χ4v) is 3.27. The Hall–Kier alpha value is -0.0800. The second kappa shape index (κ2) is 6.02. The molecule has 0 aromatic carbocycles. The standard InChI is InChI=1S/C14H28N2/c1-14(7-2-3-8-14)12-16-9-4-5-13-6-10-15-11-13/h13,15-16H,2-12H2,1H3. The third-order valence-corrected chi connectivity index (χ3v) is 4.49. The van der Waals surface area contributed by atoms with Crippen molar-refractivity contribution in [3.63, 3.8) is 0 Å². The summed E-state index contributed by atoms with van der Waals surface area (Å²) in [4.78, 5) is 0. The number of hydrogen-bond acceptors (Lipinski definition) is 2. The molecule has 1 unspecified atom stereocenters. The van der Waals surface area contributed by atoms with Crippen molar-refractivity contribution in [1.82, 2.24) is 10.6 Å². The largest absolute Gasteiger partial charge is 0.316 e. The maximum absolute atomic E-state index is 3.67. The first-order valence-corrected chi connectivity index (χ1v) is 7.20. The normalized spacial score (nSPS) is 28.7. The maximum atomic E-state index is 3.67. The monoisotopic (exact) mass is 224 g/mol. The van der Waals surface area contributed by atoms with Gasteiger partial charge in [0.15, 0.2) is 0 Å². The van der Waals surface area contributed by atoms with Crippen LogP contribution in [0.3, 0.4) is 0 Å². The van der Waals surface area contributed by atoms with E-state index in [0.717, 1.165) is 5.92 Å². The summed E-state index contributed by atoms with van der Waals surface area (Å²) in [6.07, 6.45) is 9.95. The van der Waals surface area contributed by atoms with Crippen LogP contribution in [0.2, 0.25) is 0 Å². The van der Waals surface area contributed by atoms with Crippen molar-refractivity contribution in [1.29, 1.82) is 0 Å². The molecule has 0 bridgehead atoms. The zero-order chi connectivity index (χ0) is 11.3. The lowest BCUT2D eigenvalue weighted by molar-refractivity contribution is 0.313. The number of rotatable bonds is 6. The lowest BCUT2D eigenvalue weighted by Gasteiger charge is -2.23. The summed E-state index contributed by atoms with van der Waals surface area (Å²) in [7, 11) is 0. The Morgan fingerprint density at radius 2 is 2.12 bits per heavy atom. The van der Waals surface area contributed by atoms with Crippen molar-refractivity contribution >= 4 is 0 Å². The molecule has 0 aromatic rings. The molecule has 2 rings (SSSR count). The fraction of sp³-hybridized carbons (Fsp3) is 1.00. The zero-order valence-corrected chi connectivity index (χ0v) is 10.9. The van der Waals surface area contributed by atoms with Crippen LogP contribution in [0, 0.1) is 11.3 Å². The minimum Gasteiger partial charge on any atom is -0.316 e. The van der Waals surface area contributed by atoms with Crippen LogP contribution in [0.4, 0.5) is 0 Å². The van der Waals surface area contributed by atoms with Gasteiger partial charge in [-0.2, -0.15) is 0 Å². The minimum atomic E-state index is 0.620. The van der Waals surface area contributed by atoms with Crippen LogP contribution in [0.25, 0.3) is 0 Å². The fourth-order valence-electron chi connectivity index (χ4n) is 3.27. The van der Waals surface area contributed by atoms with Gasteiger partial charge in [-0.3, -0.25) is 0 Å². The van der Waals surface area contributed by atoms with Crippen LogP contribution in [-0.4, -0.2) is 26.2 Å². The summed E-state index contributed by atoms with van der Waals surface area (Å²) in [5.41, 5.74) is 0.620. The highest BCUT2D eigenvalue weighted by molar-refractivity contribution is 4.82. The smallest absolute Gasteiger partial charge is 0.000516 e. The SMILES string of the molecule is CC1(CNCCCC2CCNC2)CCCC1. The van der Waals surface area contributed by atoms with Gasteiger partial charge in [0.1, 0.15) is 0 Å². The van der Waals surface area contributed by atoms with Crippen molar-refractivity contribution in [3.05, 3.63) is 0 Å². The van der Waals surface area contributed by atoms with E-state index in [2.05, 4.69) is 17.6 Å². The molecule has 1 atom stereocenters. The molecule has 1 aliphatic heterocycles. The topological polar surface area (TPSA) is 24.1 Å². The van der Waals surface area contributed by atoms with Crippen molar-refractivity contribution in [2.75, 3.05) is 26.2 Å². The molecule has 2 nitrogen and oxygen atoms in total. The van der Waals surface area contributed by atoms with Gasteiger partial charge in [0, 0.05) is 6.54 Å². The second-order valence-corrected chi connectivity index (χ2v) is 6.20. The highest BCUT2D eigenvalue weighted by Crippen LogP contribution is 2.36. The minimum absolute atomic E-state index is 0.620. The summed E-state index contributed by atoms with van der Waals surface area (Å²) in [6, 6.07) is 0. The van der Waals surface area contributed by atoms with Gasteiger partial charge < -0.3 is 10.6 Å². The molecule has 2 N–H and O–H groups in total. The summed E-state index contributed by atoms with van der Waals surface area (Å²) in [5.74, 6) is 0.962. The Labute approximate surface area is 101 Å². The van der Waals surface area contributed by atoms with Gasteiger partial charge in [-0.15, -0.1) is 0 Å². The number of hydrogen-bond donors (Lipinski definition) is 2. The van der Waals surface area contributed by atoms with Gasteiger partial charge in [-0.05, 0) is 63.1 Å². The maximum Gasteiger partial charge on any atom is 0.000516 e. The van der Waals surface area contributed by atoms with Crippen LogP contribution in [0.5, 0.6) is 0 Å². The Morgan fingerprint density at radius 3 is 2.81 bits per heavy atom. The third-order valence-electron chi connectivity index (χ3n) is 4.49. The molecular weight excluding hydrogens is 196 g/mol. The van der Waals surface area contributed by atoms with Gasteiger partial charge in [-0.1, -0.05) is 19.8 Å². The Morgan fingerprint density at radius 1 is 1.31 bits per heavy atom. The Balaban J connectivity index is 1.48.